The molecule has 0 saturated carbocycles. The van der Waals surface area contributed by atoms with Crippen molar-refractivity contribution < 1.29 is 32.1 Å². The normalized spacial score (nSPS) is 16.5. The first-order chi connectivity index (χ1) is 18.3. The number of aromatic nitrogens is 1. The Morgan fingerprint density at radius 3 is 2.45 bits per heavy atom. The third-order valence-electron chi connectivity index (χ3n) is 7.55. The van der Waals surface area contributed by atoms with Gasteiger partial charge in [0.1, 0.15) is 24.3 Å². The van der Waals surface area contributed by atoms with Crippen molar-refractivity contribution in [3.8, 4) is 11.5 Å². The van der Waals surface area contributed by atoms with Crippen molar-refractivity contribution in [3.63, 3.8) is 0 Å². The van der Waals surface area contributed by atoms with E-state index in [2.05, 4.69) is 9.88 Å². The predicted octanol–water partition coefficient (Wildman–Crippen LogP) is 5.06. The molecule has 0 radical (unpaired) electrons. The smallest absolute Gasteiger partial charge is 0.194 e. The molecule has 0 aliphatic carbocycles. The van der Waals surface area contributed by atoms with Gasteiger partial charge in [-0.15, -0.1) is 0 Å². The molecule has 1 fully saturated rings. The zero-order valence-electron chi connectivity index (χ0n) is 21.4. The van der Waals surface area contributed by atoms with Crippen LogP contribution in [0.1, 0.15) is 43.0 Å². The quantitative estimate of drug-likeness (QED) is 0.264. The number of benzene rings is 2. The van der Waals surface area contributed by atoms with Gasteiger partial charge >= 0.3 is 0 Å². The fraction of sp³-hybridized carbons (Fsp3) is 0.464. The van der Waals surface area contributed by atoms with Crippen LogP contribution in [-0.4, -0.2) is 54.9 Å². The van der Waals surface area contributed by atoms with Crippen molar-refractivity contribution >= 4 is 10.9 Å². The van der Waals surface area contributed by atoms with Crippen LogP contribution in [0.5, 0.6) is 11.5 Å². The molecule has 1 aliphatic heterocycles. The number of nitrogens with two attached hydrogens (primary N) is 1. The number of aliphatic hydroxyl groups excluding tert-OH is 1. The topological polar surface area (TPSA) is 80.8 Å². The third kappa shape index (κ3) is 6.19. The van der Waals surface area contributed by atoms with Crippen LogP contribution < -0.4 is 15.2 Å². The zero-order valence-corrected chi connectivity index (χ0v) is 21.4. The summed E-state index contributed by atoms with van der Waals surface area (Å²) < 4.78 is 66.3. The Balaban J connectivity index is 1.34. The number of aliphatic hydroxyl groups is 1. The molecule has 2 aromatic carbocycles. The molecule has 0 amide bonds. The summed E-state index contributed by atoms with van der Waals surface area (Å²) in [6.45, 7) is 2.11. The molecule has 1 aliphatic rings. The number of piperidine rings is 1. The van der Waals surface area contributed by atoms with Crippen molar-refractivity contribution in [2.24, 2.45) is 11.1 Å². The summed E-state index contributed by atoms with van der Waals surface area (Å²) in [5, 5.41) is 10.9. The van der Waals surface area contributed by atoms with Gasteiger partial charge in [0.2, 0.25) is 0 Å². The maximum absolute atomic E-state index is 15.8. The van der Waals surface area contributed by atoms with Crippen LogP contribution in [0.15, 0.2) is 36.5 Å². The van der Waals surface area contributed by atoms with Gasteiger partial charge in [0.05, 0.1) is 12.6 Å². The lowest BCUT2D eigenvalue weighted by atomic mass is 9.74. The Hall–Kier alpha value is -2.95. The summed E-state index contributed by atoms with van der Waals surface area (Å²) in [6, 6.07) is 6.99. The number of likely N-dealkylation sites (tertiary alicyclic amines) is 1. The molecule has 206 valence electrons. The first-order valence-electron chi connectivity index (χ1n) is 12.7. The molecule has 38 heavy (non-hydrogen) atoms. The molecule has 1 saturated heterocycles. The van der Waals surface area contributed by atoms with E-state index in [4.69, 9.17) is 15.2 Å². The number of fused-ring (bicyclic) bond motifs is 1. The second-order valence-corrected chi connectivity index (χ2v) is 9.84. The minimum absolute atomic E-state index is 0.0488. The lowest BCUT2D eigenvalue weighted by molar-refractivity contribution is 0.0265. The number of hydrogen-bond acceptors (Lipinski definition) is 6. The molecule has 2 heterocycles. The number of alkyl halides is 1. The highest BCUT2D eigenvalue weighted by Gasteiger charge is 2.35. The van der Waals surface area contributed by atoms with E-state index in [0.29, 0.717) is 66.7 Å². The molecule has 10 heteroatoms. The number of nitrogens with zero attached hydrogens (tertiary/aromatic N) is 2. The van der Waals surface area contributed by atoms with E-state index in [1.165, 1.54) is 0 Å². The summed E-state index contributed by atoms with van der Waals surface area (Å²) in [4.78, 5) is 6.52. The van der Waals surface area contributed by atoms with Gasteiger partial charge in [-0.2, -0.15) is 0 Å². The first kappa shape index (κ1) is 28.1. The van der Waals surface area contributed by atoms with Crippen LogP contribution in [0.3, 0.4) is 0 Å². The Morgan fingerprint density at radius 2 is 1.82 bits per heavy atom. The lowest BCUT2D eigenvalue weighted by Crippen LogP contribution is -2.43. The van der Waals surface area contributed by atoms with Crippen molar-refractivity contribution in [2.45, 2.75) is 38.4 Å². The van der Waals surface area contributed by atoms with E-state index in [-0.39, 0.29) is 31.9 Å². The average Bonchev–Trinajstić information content (AvgIpc) is 2.94. The second-order valence-electron chi connectivity index (χ2n) is 9.84. The highest BCUT2D eigenvalue weighted by Crippen LogP contribution is 2.41. The average molecular weight is 536 g/mol. The molecule has 4 rings (SSSR count). The van der Waals surface area contributed by atoms with Crippen molar-refractivity contribution in [1.29, 1.82) is 0 Å². The Labute approximate surface area is 219 Å². The third-order valence-corrected chi connectivity index (χ3v) is 7.55. The van der Waals surface area contributed by atoms with Gasteiger partial charge in [0, 0.05) is 49.0 Å². The minimum Gasteiger partial charge on any atom is -0.497 e. The first-order valence-corrected chi connectivity index (χ1v) is 12.7. The highest BCUT2D eigenvalue weighted by molar-refractivity contribution is 5.85. The Bertz CT molecular complexity index is 1220. The molecule has 0 bridgehead atoms. The number of hydrogen-bond donors (Lipinski definition) is 2. The van der Waals surface area contributed by atoms with Gasteiger partial charge in [-0.25, -0.2) is 17.6 Å². The van der Waals surface area contributed by atoms with E-state index in [1.807, 2.05) is 0 Å². The Kier molecular flexibility index (Phi) is 9.07. The molecule has 3 aromatic rings. The van der Waals surface area contributed by atoms with Gasteiger partial charge in [-0.3, -0.25) is 9.88 Å². The van der Waals surface area contributed by atoms with Crippen LogP contribution in [0.4, 0.5) is 17.6 Å². The van der Waals surface area contributed by atoms with E-state index in [1.54, 1.807) is 31.5 Å². The summed E-state index contributed by atoms with van der Waals surface area (Å²) >= 11 is 0. The van der Waals surface area contributed by atoms with Crippen LogP contribution in [0.25, 0.3) is 10.9 Å². The number of halogens is 4. The monoisotopic (exact) mass is 535 g/mol. The molecule has 1 atom stereocenters. The van der Waals surface area contributed by atoms with Crippen LogP contribution in [0, 0.1) is 22.9 Å². The molecular weight excluding hydrogens is 502 g/mol. The molecular formula is C28H33F4N3O3. The van der Waals surface area contributed by atoms with Gasteiger partial charge in [-0.1, -0.05) is 0 Å². The summed E-state index contributed by atoms with van der Waals surface area (Å²) in [7, 11) is 1.56. The predicted molar refractivity (Wildman–Crippen MR) is 136 cm³/mol. The fourth-order valence-corrected chi connectivity index (χ4v) is 5.12. The largest absolute Gasteiger partial charge is 0.497 e. The number of ether oxygens (including phenoxy) is 2. The van der Waals surface area contributed by atoms with Crippen LogP contribution >= 0.6 is 0 Å². The van der Waals surface area contributed by atoms with E-state index < -0.39 is 29.0 Å². The fourth-order valence-electron chi connectivity index (χ4n) is 5.12. The maximum Gasteiger partial charge on any atom is 0.194 e. The van der Waals surface area contributed by atoms with Crippen molar-refractivity contribution in [1.82, 2.24) is 9.88 Å². The molecule has 0 spiro atoms. The van der Waals surface area contributed by atoms with E-state index >= 15 is 4.39 Å². The second kappa shape index (κ2) is 12.3. The molecule has 3 N–H and O–H groups in total. The summed E-state index contributed by atoms with van der Waals surface area (Å²) in [5.41, 5.74) is 7.33. The van der Waals surface area contributed by atoms with Crippen molar-refractivity contribution in [3.05, 3.63) is 65.1 Å². The summed E-state index contributed by atoms with van der Waals surface area (Å²) in [6.07, 6.45) is 2.41. The van der Waals surface area contributed by atoms with Crippen LogP contribution in [-0.2, 0) is 6.54 Å². The van der Waals surface area contributed by atoms with Gasteiger partial charge in [0.25, 0.3) is 0 Å². The molecule has 6 nitrogen and oxygen atoms in total. The summed E-state index contributed by atoms with van der Waals surface area (Å²) in [5.74, 6) is -3.58. The highest BCUT2D eigenvalue weighted by atomic mass is 19.2. The van der Waals surface area contributed by atoms with Gasteiger partial charge < -0.3 is 20.3 Å². The van der Waals surface area contributed by atoms with Crippen LogP contribution in [0.2, 0.25) is 0 Å². The van der Waals surface area contributed by atoms with E-state index in [9.17, 15) is 18.3 Å². The SMILES string of the molecule is COc1ccc2ncc(CN)c([C@@H](F)CCC3(CO)CCN(CCOc4cc(F)c(F)c(F)c4)CC3)c2c1. The number of methoxy groups -OCH3 is 1. The minimum atomic E-state index is -1.53. The standard InChI is InChI=1S/C28H33F4N3O3/c1-37-19-2-3-25-21(12-19)26(18(15-33)16-34-25)22(29)4-5-28(17-36)6-8-35(9-7-28)10-11-38-20-13-23(30)27(32)24(31)14-20/h2-3,12-14,16,22,36H,4-11,15,17,33H2,1H3/t22-/m0/s1. The molecule has 1 aromatic heterocycles. The van der Waals surface area contributed by atoms with Gasteiger partial charge in [-0.05, 0) is 68.0 Å². The van der Waals surface area contributed by atoms with Crippen molar-refractivity contribution in [2.75, 3.05) is 40.0 Å². The number of rotatable bonds is 11. The Morgan fingerprint density at radius 1 is 1.11 bits per heavy atom. The van der Waals surface area contributed by atoms with Gasteiger partial charge in [0.15, 0.2) is 17.5 Å². The van der Waals surface area contributed by atoms with E-state index in [0.717, 1.165) is 12.1 Å². The zero-order chi connectivity index (χ0) is 27.3. The molecule has 0 unspecified atom stereocenters. The number of pyridine rings is 1. The maximum atomic E-state index is 15.8. The lowest BCUT2D eigenvalue weighted by Gasteiger charge is -2.41.